The molecule has 1 aliphatic heterocycles. The number of nitrogens with zero attached hydrogens (tertiary/aromatic N) is 2. The Hall–Kier alpha value is -2.45. The number of rotatable bonds is 8. The van der Waals surface area contributed by atoms with Crippen molar-refractivity contribution in [3.8, 4) is 0 Å². The zero-order valence-corrected chi connectivity index (χ0v) is 16.0. The van der Waals surface area contributed by atoms with Crippen molar-refractivity contribution in [2.75, 3.05) is 56.2 Å². The van der Waals surface area contributed by atoms with Gasteiger partial charge in [-0.15, -0.1) is 0 Å². The van der Waals surface area contributed by atoms with Gasteiger partial charge in [0, 0.05) is 64.4 Å². The van der Waals surface area contributed by atoms with E-state index in [-0.39, 0.29) is 30.7 Å². The van der Waals surface area contributed by atoms with Crippen LogP contribution in [0.1, 0.15) is 20.3 Å². The highest BCUT2D eigenvalue weighted by atomic mass is 16.5. The minimum atomic E-state index is -0.179. The van der Waals surface area contributed by atoms with E-state index in [2.05, 4.69) is 15.5 Å². The summed E-state index contributed by atoms with van der Waals surface area (Å²) >= 11 is 0. The summed E-state index contributed by atoms with van der Waals surface area (Å²) in [4.78, 5) is 39.1. The summed E-state index contributed by atoms with van der Waals surface area (Å²) in [6.07, 6.45) is 0.215. The van der Waals surface area contributed by atoms with Gasteiger partial charge in [-0.05, 0) is 18.2 Å². The quantitative estimate of drug-likeness (QED) is 0.702. The molecule has 0 spiro atoms. The van der Waals surface area contributed by atoms with Crippen LogP contribution in [-0.4, -0.2) is 68.6 Å². The molecule has 1 fully saturated rings. The van der Waals surface area contributed by atoms with E-state index < -0.39 is 0 Å². The molecule has 148 valence electrons. The van der Waals surface area contributed by atoms with Crippen LogP contribution in [0.4, 0.5) is 11.4 Å². The molecule has 1 heterocycles. The van der Waals surface area contributed by atoms with Crippen molar-refractivity contribution in [3.05, 3.63) is 24.3 Å². The van der Waals surface area contributed by atoms with Gasteiger partial charge in [0.15, 0.2) is 0 Å². The monoisotopic (exact) mass is 376 g/mol. The molecule has 27 heavy (non-hydrogen) atoms. The molecule has 0 bridgehead atoms. The van der Waals surface area contributed by atoms with E-state index in [1.165, 1.54) is 18.7 Å². The van der Waals surface area contributed by atoms with Crippen molar-refractivity contribution in [2.45, 2.75) is 20.3 Å². The van der Waals surface area contributed by atoms with Crippen LogP contribution in [0.5, 0.6) is 0 Å². The van der Waals surface area contributed by atoms with E-state index in [9.17, 15) is 14.4 Å². The predicted octanol–water partition coefficient (Wildman–Crippen LogP) is 0.836. The summed E-state index contributed by atoms with van der Waals surface area (Å²) in [5.74, 6) is -0.426. The fourth-order valence-electron chi connectivity index (χ4n) is 2.90. The van der Waals surface area contributed by atoms with Crippen LogP contribution in [0.25, 0.3) is 0 Å². The Labute approximate surface area is 159 Å². The number of ether oxygens (including phenoxy) is 1. The highest BCUT2D eigenvalue weighted by Crippen LogP contribution is 2.20. The molecular formula is C19H28N4O4. The summed E-state index contributed by atoms with van der Waals surface area (Å²) in [5.41, 5.74) is 1.26. The van der Waals surface area contributed by atoms with E-state index in [4.69, 9.17) is 4.74 Å². The number of hydrogen-bond donors (Lipinski definition) is 2. The lowest BCUT2D eigenvalue weighted by Gasteiger charge is -2.26. The molecule has 8 nitrogen and oxygen atoms in total. The molecule has 1 saturated heterocycles. The third-order valence-corrected chi connectivity index (χ3v) is 4.27. The van der Waals surface area contributed by atoms with Crippen LogP contribution in [-0.2, 0) is 19.1 Å². The third kappa shape index (κ3) is 7.36. The average Bonchev–Trinajstić information content (AvgIpc) is 2.62. The second kappa shape index (κ2) is 10.6. The fraction of sp³-hybridized carbons (Fsp3) is 0.526. The van der Waals surface area contributed by atoms with Crippen molar-refractivity contribution in [3.63, 3.8) is 0 Å². The lowest BCUT2D eigenvalue weighted by molar-refractivity contribution is -0.121. The Morgan fingerprint density at radius 3 is 2.59 bits per heavy atom. The first-order valence-corrected chi connectivity index (χ1v) is 9.18. The molecule has 0 unspecified atom stereocenters. The highest BCUT2D eigenvalue weighted by Gasteiger charge is 2.15. The lowest BCUT2D eigenvalue weighted by Crippen LogP contribution is -2.42. The van der Waals surface area contributed by atoms with Gasteiger partial charge in [-0.1, -0.05) is 6.07 Å². The zero-order valence-electron chi connectivity index (χ0n) is 16.0. The van der Waals surface area contributed by atoms with Crippen LogP contribution < -0.4 is 15.5 Å². The van der Waals surface area contributed by atoms with E-state index in [1.807, 2.05) is 0 Å². The summed E-state index contributed by atoms with van der Waals surface area (Å²) in [5, 5.41) is 5.59. The first kappa shape index (κ1) is 20.9. The molecule has 0 atom stereocenters. The van der Waals surface area contributed by atoms with E-state index >= 15 is 0 Å². The molecule has 3 amide bonds. The molecule has 0 aromatic heterocycles. The Kier molecular flexibility index (Phi) is 8.22. The third-order valence-electron chi connectivity index (χ3n) is 4.27. The first-order chi connectivity index (χ1) is 13.0. The number of anilines is 2. The maximum absolute atomic E-state index is 12.1. The zero-order chi connectivity index (χ0) is 19.6. The van der Waals surface area contributed by atoms with E-state index in [0.717, 1.165) is 32.8 Å². The van der Waals surface area contributed by atoms with Crippen molar-refractivity contribution < 1.29 is 19.1 Å². The van der Waals surface area contributed by atoms with Gasteiger partial charge in [-0.3, -0.25) is 19.3 Å². The number of amides is 3. The molecule has 1 aromatic rings. The van der Waals surface area contributed by atoms with Crippen LogP contribution in [0.2, 0.25) is 0 Å². The summed E-state index contributed by atoms with van der Waals surface area (Å²) in [6, 6.07) is 7.02. The van der Waals surface area contributed by atoms with E-state index in [0.29, 0.717) is 17.9 Å². The number of carbonyl (C=O) groups excluding carboxylic acids is 3. The highest BCUT2D eigenvalue weighted by molar-refractivity contribution is 5.94. The van der Waals surface area contributed by atoms with Crippen LogP contribution in [0.3, 0.4) is 0 Å². The first-order valence-electron chi connectivity index (χ1n) is 9.18. The fourth-order valence-corrected chi connectivity index (χ4v) is 2.90. The van der Waals surface area contributed by atoms with Crippen LogP contribution >= 0.6 is 0 Å². The van der Waals surface area contributed by atoms with Gasteiger partial charge in [0.2, 0.25) is 17.7 Å². The second-order valence-electron chi connectivity index (χ2n) is 6.46. The molecule has 0 saturated carbocycles. The van der Waals surface area contributed by atoms with Crippen molar-refractivity contribution in [1.82, 2.24) is 10.2 Å². The molecule has 0 radical (unpaired) electrons. The van der Waals surface area contributed by atoms with Gasteiger partial charge in [0.05, 0.1) is 13.2 Å². The Morgan fingerprint density at radius 1 is 1.19 bits per heavy atom. The molecule has 2 rings (SSSR count). The van der Waals surface area contributed by atoms with Gasteiger partial charge >= 0.3 is 0 Å². The molecular weight excluding hydrogens is 348 g/mol. The number of benzene rings is 1. The Bertz CT molecular complexity index is 659. The van der Waals surface area contributed by atoms with Crippen molar-refractivity contribution in [1.29, 1.82) is 0 Å². The average molecular weight is 376 g/mol. The Balaban J connectivity index is 1.82. The van der Waals surface area contributed by atoms with E-state index in [1.54, 1.807) is 24.3 Å². The summed E-state index contributed by atoms with van der Waals surface area (Å²) in [7, 11) is 0. The smallest absolute Gasteiger partial charge is 0.223 e. The normalized spacial score (nSPS) is 14.4. The molecule has 8 heteroatoms. The topological polar surface area (TPSA) is 91.0 Å². The largest absolute Gasteiger partial charge is 0.379 e. The SMILES string of the molecule is CC(=O)Nc1cccc(N(CCC(=O)NCCN2CCOCC2)C(C)=O)c1. The van der Waals surface area contributed by atoms with Gasteiger partial charge in [-0.2, -0.15) is 0 Å². The number of hydrogen-bond acceptors (Lipinski definition) is 5. The summed E-state index contributed by atoms with van der Waals surface area (Å²) < 4.78 is 5.30. The Morgan fingerprint density at radius 2 is 1.93 bits per heavy atom. The van der Waals surface area contributed by atoms with Crippen LogP contribution in [0.15, 0.2) is 24.3 Å². The number of carbonyl (C=O) groups is 3. The maximum atomic E-state index is 12.1. The molecule has 1 aliphatic rings. The van der Waals surface area contributed by atoms with Crippen molar-refractivity contribution in [2.24, 2.45) is 0 Å². The van der Waals surface area contributed by atoms with Gasteiger partial charge in [0.25, 0.3) is 0 Å². The minimum Gasteiger partial charge on any atom is -0.379 e. The molecule has 1 aromatic carbocycles. The summed E-state index contributed by atoms with van der Waals surface area (Å²) in [6.45, 7) is 7.79. The molecule has 2 N–H and O–H groups in total. The van der Waals surface area contributed by atoms with Gasteiger partial charge in [-0.25, -0.2) is 0 Å². The lowest BCUT2D eigenvalue weighted by atomic mass is 10.2. The molecule has 0 aliphatic carbocycles. The van der Waals surface area contributed by atoms with Gasteiger partial charge < -0.3 is 20.3 Å². The second-order valence-corrected chi connectivity index (χ2v) is 6.46. The standard InChI is InChI=1S/C19H28N4O4/c1-15(24)21-17-4-3-5-18(14-17)23(16(2)25)8-6-19(26)20-7-9-22-10-12-27-13-11-22/h3-5,14H,6-13H2,1-2H3,(H,20,26)(H,21,24). The maximum Gasteiger partial charge on any atom is 0.223 e. The number of nitrogens with one attached hydrogen (secondary N) is 2. The predicted molar refractivity (Wildman–Crippen MR) is 104 cm³/mol. The van der Waals surface area contributed by atoms with Gasteiger partial charge in [0.1, 0.15) is 0 Å². The van der Waals surface area contributed by atoms with Crippen molar-refractivity contribution >= 4 is 29.1 Å². The van der Waals surface area contributed by atoms with Crippen LogP contribution in [0, 0.1) is 0 Å². The number of morpholine rings is 1. The minimum absolute atomic E-state index is 0.0903.